The quantitative estimate of drug-likeness (QED) is 0.294. The first-order valence-corrected chi connectivity index (χ1v) is 19.3. The van der Waals surface area contributed by atoms with E-state index in [2.05, 4.69) is 29.5 Å². The number of likely N-dealkylation sites (tertiary alicyclic amines) is 1. The van der Waals surface area contributed by atoms with E-state index in [1.54, 1.807) is 18.0 Å². The summed E-state index contributed by atoms with van der Waals surface area (Å²) in [4.78, 5) is 32.7. The highest BCUT2D eigenvalue weighted by Gasteiger charge is 2.46. The van der Waals surface area contributed by atoms with Gasteiger partial charge in [-0.3, -0.25) is 4.79 Å². The molecule has 1 amide bonds. The molecule has 0 saturated carbocycles. The minimum Gasteiger partial charge on any atom is -0.451 e. The van der Waals surface area contributed by atoms with Crippen LogP contribution in [0.4, 0.5) is 10.2 Å². The number of hydrogen-bond acceptors (Lipinski definition) is 11. The normalized spacial score (nSPS) is 21.3. The third-order valence-corrected chi connectivity index (χ3v) is 12.6. The van der Waals surface area contributed by atoms with Gasteiger partial charge in [0.1, 0.15) is 17.9 Å². The van der Waals surface area contributed by atoms with Crippen molar-refractivity contribution in [1.82, 2.24) is 29.5 Å². The van der Waals surface area contributed by atoms with E-state index < -0.39 is 15.8 Å². The maximum Gasteiger partial charge on any atom is 0.258 e. The van der Waals surface area contributed by atoms with Crippen molar-refractivity contribution in [2.45, 2.75) is 88.7 Å². The van der Waals surface area contributed by atoms with Gasteiger partial charge in [0.05, 0.1) is 35.7 Å². The number of anilines is 1. The van der Waals surface area contributed by atoms with Gasteiger partial charge in [0.15, 0.2) is 15.8 Å². The van der Waals surface area contributed by atoms with Gasteiger partial charge >= 0.3 is 0 Å². The fourth-order valence-electron chi connectivity index (χ4n) is 7.21. The second-order valence-corrected chi connectivity index (χ2v) is 17.2. The summed E-state index contributed by atoms with van der Waals surface area (Å²) in [5, 5.41) is 0.719. The standard InChI is InChI=1S/C34H46FN7O5S2/c1-22(2)42(23(3)4)33(43)28-14-25(35)6-9-29(28)47-30-15-36-21-38-32(30)41-19-34(20-41)10-12-40(13-11-34)17-27-8-7-26(18-46-27)39-49(44,45)31-16-37-24(5)48-31/h6,9,14-16,21-23,26-27,39H,7-8,10-13,17-20H2,1-5H3/t26-,27+/m1/s1. The Bertz CT molecular complexity index is 1720. The highest BCUT2D eigenvalue weighted by Crippen LogP contribution is 2.45. The van der Waals surface area contributed by atoms with Gasteiger partial charge in [-0.1, -0.05) is 0 Å². The fourth-order valence-corrected chi connectivity index (χ4v) is 9.59. The van der Waals surface area contributed by atoms with E-state index in [0.29, 0.717) is 18.2 Å². The number of carbonyl (C=O) groups is 1. The Morgan fingerprint density at radius 2 is 1.86 bits per heavy atom. The maximum absolute atomic E-state index is 14.4. The molecule has 6 rings (SSSR count). The molecule has 3 aliphatic heterocycles. The molecule has 3 fully saturated rings. The average molecular weight is 716 g/mol. The molecule has 1 N–H and O–H groups in total. The summed E-state index contributed by atoms with van der Waals surface area (Å²) >= 11 is 1.17. The van der Waals surface area contributed by atoms with Gasteiger partial charge in [-0.05, 0) is 91.6 Å². The Labute approximate surface area is 292 Å². The molecule has 5 heterocycles. The van der Waals surface area contributed by atoms with E-state index in [0.717, 1.165) is 63.4 Å². The lowest BCUT2D eigenvalue weighted by molar-refractivity contribution is -0.0299. The number of carbonyl (C=O) groups excluding carboxylic acids is 1. The number of benzene rings is 1. The van der Waals surface area contributed by atoms with Crippen LogP contribution in [0, 0.1) is 18.2 Å². The number of aromatic nitrogens is 3. The number of hydrogen-bond donors (Lipinski definition) is 1. The number of aryl methyl sites for hydroxylation is 1. The molecule has 3 saturated heterocycles. The summed E-state index contributed by atoms with van der Waals surface area (Å²) in [6.45, 7) is 14.3. The fraction of sp³-hybridized carbons (Fsp3) is 0.588. The van der Waals surface area contributed by atoms with Crippen molar-refractivity contribution >= 4 is 33.1 Å². The van der Waals surface area contributed by atoms with Crippen molar-refractivity contribution in [2.75, 3.05) is 44.2 Å². The molecule has 1 aromatic carbocycles. The van der Waals surface area contributed by atoms with Crippen LogP contribution in [-0.2, 0) is 14.8 Å². The Morgan fingerprint density at radius 1 is 1.12 bits per heavy atom. The van der Waals surface area contributed by atoms with Crippen LogP contribution in [0.15, 0.2) is 41.1 Å². The van der Waals surface area contributed by atoms with Crippen molar-refractivity contribution in [3.05, 3.63) is 53.3 Å². The van der Waals surface area contributed by atoms with Gasteiger partial charge in [0, 0.05) is 43.2 Å². The van der Waals surface area contributed by atoms with Gasteiger partial charge < -0.3 is 24.2 Å². The summed E-state index contributed by atoms with van der Waals surface area (Å²) in [5.41, 5.74) is 0.339. The smallest absolute Gasteiger partial charge is 0.258 e. The summed E-state index contributed by atoms with van der Waals surface area (Å²) in [6, 6.07) is 3.63. The Balaban J connectivity index is 1.01. The summed E-state index contributed by atoms with van der Waals surface area (Å²) < 4.78 is 55.2. The molecule has 3 aromatic rings. The van der Waals surface area contributed by atoms with Crippen molar-refractivity contribution in [1.29, 1.82) is 0 Å². The molecule has 1 spiro atoms. The zero-order valence-electron chi connectivity index (χ0n) is 28.8. The van der Waals surface area contributed by atoms with Crippen LogP contribution >= 0.6 is 11.3 Å². The van der Waals surface area contributed by atoms with E-state index in [-0.39, 0.29) is 51.1 Å². The van der Waals surface area contributed by atoms with E-state index in [4.69, 9.17) is 9.47 Å². The van der Waals surface area contributed by atoms with Crippen molar-refractivity contribution in [3.63, 3.8) is 0 Å². The second-order valence-electron chi connectivity index (χ2n) is 14.1. The number of sulfonamides is 1. The van der Waals surface area contributed by atoms with Crippen LogP contribution < -0.4 is 14.4 Å². The Hall–Kier alpha value is -3.24. The first kappa shape index (κ1) is 35.6. The number of ether oxygens (including phenoxy) is 2. The van der Waals surface area contributed by atoms with E-state index in [1.807, 2.05) is 27.7 Å². The van der Waals surface area contributed by atoms with E-state index in [1.165, 1.54) is 42.1 Å². The third kappa shape index (κ3) is 8.06. The molecule has 49 heavy (non-hydrogen) atoms. The second kappa shape index (κ2) is 14.5. The number of amides is 1. The maximum atomic E-state index is 14.4. The predicted molar refractivity (Wildman–Crippen MR) is 185 cm³/mol. The minimum atomic E-state index is -3.59. The first-order valence-electron chi connectivity index (χ1n) is 17.0. The van der Waals surface area contributed by atoms with Crippen molar-refractivity contribution in [2.24, 2.45) is 5.41 Å². The number of piperidine rings is 1. The van der Waals surface area contributed by atoms with E-state index in [9.17, 15) is 17.6 Å². The SMILES string of the molecule is Cc1ncc(S(=O)(=O)N[C@@H]2CC[C@@H](CN3CCC4(CC3)CN(c3ncncc3Oc3ccc(F)cc3C(=O)N(C(C)C)C(C)C)C4)OC2)s1. The Kier molecular flexibility index (Phi) is 10.6. The molecule has 0 aliphatic carbocycles. The molecule has 0 unspecified atom stereocenters. The predicted octanol–water partition coefficient (Wildman–Crippen LogP) is 4.86. The van der Waals surface area contributed by atoms with Gasteiger partial charge in [0.2, 0.25) is 0 Å². The minimum absolute atomic E-state index is 0.0711. The van der Waals surface area contributed by atoms with Gasteiger partial charge in [-0.25, -0.2) is 32.5 Å². The number of thiazole rings is 1. The number of halogens is 1. The molecule has 266 valence electrons. The lowest BCUT2D eigenvalue weighted by Crippen LogP contribution is -2.61. The number of nitrogens with one attached hydrogen (secondary N) is 1. The molecule has 2 atom stereocenters. The van der Waals surface area contributed by atoms with E-state index >= 15 is 0 Å². The summed E-state index contributed by atoms with van der Waals surface area (Å²) in [7, 11) is -3.59. The van der Waals surface area contributed by atoms with Gasteiger partial charge in [0.25, 0.3) is 15.9 Å². The molecule has 0 bridgehead atoms. The zero-order chi connectivity index (χ0) is 34.9. The zero-order valence-corrected chi connectivity index (χ0v) is 30.4. The highest BCUT2D eigenvalue weighted by atomic mass is 32.2. The number of rotatable bonds is 11. The molecule has 15 heteroatoms. The summed E-state index contributed by atoms with van der Waals surface area (Å²) in [6.07, 6.45) is 8.20. The van der Waals surface area contributed by atoms with Crippen LogP contribution in [-0.4, -0.2) is 103 Å². The van der Waals surface area contributed by atoms with Gasteiger partial charge in [-0.2, -0.15) is 0 Å². The average Bonchev–Trinajstić information content (AvgIpc) is 3.49. The highest BCUT2D eigenvalue weighted by molar-refractivity contribution is 7.91. The van der Waals surface area contributed by atoms with Crippen molar-refractivity contribution < 1.29 is 27.1 Å². The number of nitrogens with zero attached hydrogens (tertiary/aromatic N) is 6. The molecule has 2 aromatic heterocycles. The lowest BCUT2D eigenvalue weighted by Gasteiger charge is -2.54. The largest absolute Gasteiger partial charge is 0.451 e. The first-order chi connectivity index (χ1) is 23.3. The van der Waals surface area contributed by atoms with Crippen LogP contribution in [0.5, 0.6) is 11.5 Å². The molecule has 3 aliphatic rings. The topological polar surface area (TPSA) is 130 Å². The molecular formula is C34H46FN7O5S2. The van der Waals surface area contributed by atoms with Crippen LogP contribution in [0.3, 0.4) is 0 Å². The van der Waals surface area contributed by atoms with Gasteiger partial charge in [-0.15, -0.1) is 11.3 Å². The molecular weight excluding hydrogens is 670 g/mol. The third-order valence-electron chi connectivity index (χ3n) is 9.69. The van der Waals surface area contributed by atoms with Crippen LogP contribution in [0.1, 0.15) is 68.7 Å². The van der Waals surface area contributed by atoms with Crippen molar-refractivity contribution in [3.8, 4) is 11.5 Å². The summed E-state index contributed by atoms with van der Waals surface area (Å²) in [5.74, 6) is 0.543. The lowest BCUT2D eigenvalue weighted by atomic mass is 9.72. The molecule has 12 nitrogen and oxygen atoms in total. The Morgan fingerprint density at radius 3 is 2.49 bits per heavy atom. The van der Waals surface area contributed by atoms with Crippen LogP contribution in [0.25, 0.3) is 0 Å². The van der Waals surface area contributed by atoms with Crippen LogP contribution in [0.2, 0.25) is 0 Å². The monoisotopic (exact) mass is 715 g/mol. The molecule has 0 radical (unpaired) electrons.